The lowest BCUT2D eigenvalue weighted by molar-refractivity contribution is -0.0613. The molecular formula is C15H21N3O3. The van der Waals surface area contributed by atoms with Crippen LogP contribution in [0.25, 0.3) is 0 Å². The number of piperidine rings is 1. The van der Waals surface area contributed by atoms with Crippen molar-refractivity contribution in [2.75, 3.05) is 25.1 Å². The zero-order valence-electron chi connectivity index (χ0n) is 12.3. The van der Waals surface area contributed by atoms with Gasteiger partial charge in [0.2, 0.25) is 0 Å². The molecule has 3 rings (SSSR count). The number of esters is 1. The van der Waals surface area contributed by atoms with Gasteiger partial charge >= 0.3 is 5.97 Å². The summed E-state index contributed by atoms with van der Waals surface area (Å²) in [6.07, 6.45) is 8.13. The van der Waals surface area contributed by atoms with E-state index in [9.17, 15) is 9.90 Å². The van der Waals surface area contributed by atoms with E-state index in [0.717, 1.165) is 44.6 Å². The first-order chi connectivity index (χ1) is 10.1. The van der Waals surface area contributed by atoms with Gasteiger partial charge in [-0.05, 0) is 19.3 Å². The molecule has 1 aromatic rings. The van der Waals surface area contributed by atoms with E-state index in [4.69, 9.17) is 0 Å². The summed E-state index contributed by atoms with van der Waals surface area (Å²) in [7, 11) is 1.33. The Labute approximate surface area is 124 Å². The molecule has 2 unspecified atom stereocenters. The number of carbonyl (C=O) groups excluding carboxylic acids is 1. The van der Waals surface area contributed by atoms with E-state index >= 15 is 0 Å². The summed E-state index contributed by atoms with van der Waals surface area (Å²) in [6, 6.07) is 0. The van der Waals surface area contributed by atoms with Crippen molar-refractivity contribution in [1.82, 2.24) is 9.97 Å². The number of ether oxygens (including phenoxy) is 1. The highest BCUT2D eigenvalue weighted by atomic mass is 16.5. The van der Waals surface area contributed by atoms with Gasteiger partial charge in [-0.3, -0.25) is 0 Å². The molecule has 2 heterocycles. The van der Waals surface area contributed by atoms with Crippen molar-refractivity contribution in [3.05, 3.63) is 18.1 Å². The number of fused-ring (bicyclic) bond motifs is 1. The molecule has 1 aliphatic heterocycles. The van der Waals surface area contributed by atoms with Gasteiger partial charge < -0.3 is 14.7 Å². The second-order valence-corrected chi connectivity index (χ2v) is 5.99. The van der Waals surface area contributed by atoms with Crippen molar-refractivity contribution >= 4 is 11.8 Å². The average Bonchev–Trinajstić information content (AvgIpc) is 2.53. The topological polar surface area (TPSA) is 75.5 Å². The van der Waals surface area contributed by atoms with Crippen LogP contribution in [0.15, 0.2) is 12.4 Å². The second kappa shape index (κ2) is 5.60. The minimum atomic E-state index is -0.492. The molecule has 0 spiro atoms. The first-order valence-electron chi connectivity index (χ1n) is 7.50. The quantitative estimate of drug-likeness (QED) is 0.830. The van der Waals surface area contributed by atoms with Crippen molar-refractivity contribution in [3.63, 3.8) is 0 Å². The van der Waals surface area contributed by atoms with Crippen LogP contribution in [-0.2, 0) is 4.74 Å². The molecule has 0 amide bonds. The van der Waals surface area contributed by atoms with Gasteiger partial charge in [-0.2, -0.15) is 0 Å². The van der Waals surface area contributed by atoms with Crippen LogP contribution in [0.3, 0.4) is 0 Å². The summed E-state index contributed by atoms with van der Waals surface area (Å²) in [5.74, 6) is 0.590. The second-order valence-electron chi connectivity index (χ2n) is 5.99. The Morgan fingerprint density at radius 1 is 1.38 bits per heavy atom. The summed E-state index contributed by atoms with van der Waals surface area (Å²) >= 11 is 0. The summed E-state index contributed by atoms with van der Waals surface area (Å²) in [4.78, 5) is 21.9. The first kappa shape index (κ1) is 14.3. The number of nitrogens with zero attached hydrogens (tertiary/aromatic N) is 3. The van der Waals surface area contributed by atoms with Gasteiger partial charge in [0.15, 0.2) is 5.69 Å². The first-order valence-corrected chi connectivity index (χ1v) is 7.50. The van der Waals surface area contributed by atoms with E-state index in [0.29, 0.717) is 5.92 Å². The maximum absolute atomic E-state index is 11.4. The molecule has 0 bridgehead atoms. The van der Waals surface area contributed by atoms with Crippen molar-refractivity contribution < 1.29 is 14.6 Å². The fourth-order valence-electron chi connectivity index (χ4n) is 3.47. The lowest BCUT2D eigenvalue weighted by atomic mass is 9.71. The standard InChI is InChI=1S/C15H21N3O3/c1-21-14(19)12-8-17-13(9-16-12)18-7-6-15(20)5-3-2-4-11(15)10-18/h8-9,11,20H,2-7,10H2,1H3. The summed E-state index contributed by atoms with van der Waals surface area (Å²) in [5.41, 5.74) is -0.277. The molecule has 21 heavy (non-hydrogen) atoms. The van der Waals surface area contributed by atoms with Crippen molar-refractivity contribution in [2.45, 2.75) is 37.7 Å². The zero-order chi connectivity index (χ0) is 14.9. The molecule has 114 valence electrons. The maximum Gasteiger partial charge on any atom is 0.358 e. The van der Waals surface area contributed by atoms with E-state index in [1.165, 1.54) is 19.7 Å². The van der Waals surface area contributed by atoms with E-state index < -0.39 is 11.6 Å². The largest absolute Gasteiger partial charge is 0.464 e. The predicted molar refractivity (Wildman–Crippen MR) is 77.1 cm³/mol. The summed E-state index contributed by atoms with van der Waals surface area (Å²) < 4.78 is 4.62. The number of aliphatic hydroxyl groups is 1. The highest BCUT2D eigenvalue weighted by Gasteiger charge is 2.43. The molecule has 1 saturated carbocycles. The number of aromatic nitrogens is 2. The lowest BCUT2D eigenvalue weighted by Crippen LogP contribution is -2.53. The predicted octanol–water partition coefficient (Wildman–Crippen LogP) is 1.39. The molecule has 0 radical (unpaired) electrons. The van der Waals surface area contributed by atoms with Gasteiger partial charge in [-0.25, -0.2) is 14.8 Å². The fourth-order valence-corrected chi connectivity index (χ4v) is 3.47. The number of anilines is 1. The highest BCUT2D eigenvalue weighted by molar-refractivity contribution is 5.86. The van der Waals surface area contributed by atoms with Crippen LogP contribution in [0.5, 0.6) is 0 Å². The van der Waals surface area contributed by atoms with Gasteiger partial charge in [0.25, 0.3) is 0 Å². The van der Waals surface area contributed by atoms with E-state index in [1.54, 1.807) is 6.20 Å². The molecule has 0 aromatic carbocycles. The van der Waals surface area contributed by atoms with Crippen LogP contribution in [0.1, 0.15) is 42.6 Å². The van der Waals surface area contributed by atoms with Crippen molar-refractivity contribution in [3.8, 4) is 0 Å². The Morgan fingerprint density at radius 3 is 2.95 bits per heavy atom. The maximum atomic E-state index is 11.4. The summed E-state index contributed by atoms with van der Waals surface area (Å²) in [6.45, 7) is 1.59. The van der Waals surface area contributed by atoms with Gasteiger partial charge in [0, 0.05) is 19.0 Å². The average molecular weight is 291 g/mol. The van der Waals surface area contributed by atoms with Crippen LogP contribution < -0.4 is 4.90 Å². The Bertz CT molecular complexity index is 519. The molecular weight excluding hydrogens is 270 g/mol. The Kier molecular flexibility index (Phi) is 3.80. The monoisotopic (exact) mass is 291 g/mol. The lowest BCUT2D eigenvalue weighted by Gasteiger charge is -2.47. The Morgan fingerprint density at radius 2 is 2.24 bits per heavy atom. The number of hydrogen-bond acceptors (Lipinski definition) is 6. The smallest absolute Gasteiger partial charge is 0.358 e. The van der Waals surface area contributed by atoms with Gasteiger partial charge in [0.1, 0.15) is 5.82 Å². The molecule has 2 atom stereocenters. The van der Waals surface area contributed by atoms with Crippen LogP contribution in [0.2, 0.25) is 0 Å². The van der Waals surface area contributed by atoms with Crippen molar-refractivity contribution in [2.24, 2.45) is 5.92 Å². The number of hydrogen-bond donors (Lipinski definition) is 1. The molecule has 1 saturated heterocycles. The van der Waals surface area contributed by atoms with E-state index in [2.05, 4.69) is 19.6 Å². The highest BCUT2D eigenvalue weighted by Crippen LogP contribution is 2.40. The fraction of sp³-hybridized carbons (Fsp3) is 0.667. The zero-order valence-corrected chi connectivity index (χ0v) is 12.3. The van der Waals surface area contributed by atoms with Gasteiger partial charge in [-0.15, -0.1) is 0 Å². The van der Waals surface area contributed by atoms with Gasteiger partial charge in [-0.1, -0.05) is 12.8 Å². The van der Waals surface area contributed by atoms with E-state index in [-0.39, 0.29) is 5.69 Å². The van der Waals surface area contributed by atoms with Gasteiger partial charge in [0.05, 0.1) is 25.1 Å². The molecule has 1 aliphatic carbocycles. The third kappa shape index (κ3) is 2.72. The Hall–Kier alpha value is -1.69. The van der Waals surface area contributed by atoms with E-state index in [1.807, 2.05) is 0 Å². The number of rotatable bonds is 2. The van der Waals surface area contributed by atoms with Crippen molar-refractivity contribution in [1.29, 1.82) is 0 Å². The molecule has 2 aliphatic rings. The third-order valence-electron chi connectivity index (χ3n) is 4.78. The molecule has 6 nitrogen and oxygen atoms in total. The minimum absolute atomic E-state index is 0.215. The molecule has 1 aromatic heterocycles. The molecule has 2 fully saturated rings. The van der Waals surface area contributed by atoms with Crippen LogP contribution in [0.4, 0.5) is 5.82 Å². The summed E-state index contributed by atoms with van der Waals surface area (Å²) in [5, 5.41) is 10.7. The van der Waals surface area contributed by atoms with Crippen LogP contribution in [-0.4, -0.2) is 46.8 Å². The molecule has 6 heteroatoms. The molecule has 1 N–H and O–H groups in total. The third-order valence-corrected chi connectivity index (χ3v) is 4.78. The van der Waals surface area contributed by atoms with Crippen LogP contribution >= 0.6 is 0 Å². The Balaban J connectivity index is 1.72. The number of methoxy groups -OCH3 is 1. The normalized spacial score (nSPS) is 28.9. The minimum Gasteiger partial charge on any atom is -0.464 e. The number of carbonyl (C=O) groups is 1. The SMILES string of the molecule is COC(=O)c1cnc(N2CCC3(O)CCCCC3C2)cn1. The van der Waals surface area contributed by atoms with Crippen LogP contribution in [0, 0.1) is 5.92 Å².